The van der Waals surface area contributed by atoms with Gasteiger partial charge in [-0.3, -0.25) is 4.79 Å². The zero-order valence-electron chi connectivity index (χ0n) is 10.4. The molecule has 0 N–H and O–H groups in total. The highest BCUT2D eigenvalue weighted by atomic mass is 16.1. The molecule has 2 aromatic rings. The Hall–Kier alpha value is -1.89. The molecule has 0 saturated heterocycles. The number of carbonyl (C=O) groups is 1. The Kier molecular flexibility index (Phi) is 3.10. The number of rotatable bonds is 2. The molecule has 0 bridgehead atoms. The molecule has 0 heterocycles. The predicted octanol–water partition coefficient (Wildman–Crippen LogP) is 4.09. The van der Waals surface area contributed by atoms with Gasteiger partial charge in [0.1, 0.15) is 6.29 Å². The van der Waals surface area contributed by atoms with E-state index in [0.717, 1.165) is 17.4 Å². The molecule has 0 radical (unpaired) electrons. The van der Waals surface area contributed by atoms with Gasteiger partial charge in [-0.1, -0.05) is 30.3 Å². The van der Waals surface area contributed by atoms with Gasteiger partial charge in [-0.25, -0.2) is 0 Å². The summed E-state index contributed by atoms with van der Waals surface area (Å²) in [5.41, 5.74) is 6.86. The molecule has 0 aliphatic rings. The summed E-state index contributed by atoms with van der Waals surface area (Å²) in [6.07, 6.45) is 0.889. The second-order valence-electron chi connectivity index (χ2n) is 4.49. The van der Waals surface area contributed by atoms with Crippen LogP contribution in [0.2, 0.25) is 0 Å². The van der Waals surface area contributed by atoms with E-state index >= 15 is 0 Å². The molecule has 0 aromatic heterocycles. The lowest BCUT2D eigenvalue weighted by Gasteiger charge is -2.10. The average Bonchev–Trinajstić information content (AvgIpc) is 2.34. The van der Waals surface area contributed by atoms with Gasteiger partial charge in [0.2, 0.25) is 0 Å². The van der Waals surface area contributed by atoms with Crippen LogP contribution in [0.3, 0.4) is 0 Å². The van der Waals surface area contributed by atoms with Crippen molar-refractivity contribution in [1.82, 2.24) is 0 Å². The number of hydrogen-bond acceptors (Lipinski definition) is 1. The molecule has 0 fully saturated rings. The van der Waals surface area contributed by atoms with Crippen LogP contribution in [0.15, 0.2) is 36.4 Å². The molecular weight excluding hydrogens is 208 g/mol. The van der Waals surface area contributed by atoms with Crippen LogP contribution >= 0.6 is 0 Å². The molecule has 0 unspecified atom stereocenters. The number of carbonyl (C=O) groups excluding carboxylic acids is 1. The van der Waals surface area contributed by atoms with Crippen LogP contribution in [0.4, 0.5) is 0 Å². The number of benzene rings is 2. The minimum Gasteiger partial charge on any atom is -0.298 e. The molecule has 1 heteroatoms. The topological polar surface area (TPSA) is 17.1 Å². The van der Waals surface area contributed by atoms with Crippen LogP contribution in [0.1, 0.15) is 27.0 Å². The fourth-order valence-corrected chi connectivity index (χ4v) is 2.05. The Balaban J connectivity index is 2.59. The zero-order valence-corrected chi connectivity index (χ0v) is 10.4. The zero-order chi connectivity index (χ0) is 12.4. The smallest absolute Gasteiger partial charge is 0.150 e. The van der Waals surface area contributed by atoms with E-state index in [2.05, 4.69) is 32.9 Å². The molecule has 17 heavy (non-hydrogen) atoms. The van der Waals surface area contributed by atoms with Crippen molar-refractivity contribution in [2.75, 3.05) is 0 Å². The first-order valence-corrected chi connectivity index (χ1v) is 5.75. The van der Waals surface area contributed by atoms with Crippen molar-refractivity contribution in [2.45, 2.75) is 20.8 Å². The molecule has 1 nitrogen and oxygen atoms in total. The minimum absolute atomic E-state index is 0.722. The van der Waals surface area contributed by atoms with E-state index < -0.39 is 0 Å². The number of aldehydes is 1. The van der Waals surface area contributed by atoms with Gasteiger partial charge >= 0.3 is 0 Å². The fourth-order valence-electron chi connectivity index (χ4n) is 2.05. The van der Waals surface area contributed by atoms with E-state index in [9.17, 15) is 4.79 Å². The Labute approximate surface area is 102 Å². The third kappa shape index (κ3) is 2.28. The van der Waals surface area contributed by atoms with Crippen molar-refractivity contribution in [3.8, 4) is 11.1 Å². The summed E-state index contributed by atoms with van der Waals surface area (Å²) in [7, 11) is 0. The highest BCUT2D eigenvalue weighted by molar-refractivity contribution is 5.79. The van der Waals surface area contributed by atoms with Crippen LogP contribution in [0, 0.1) is 20.8 Å². The highest BCUT2D eigenvalue weighted by Crippen LogP contribution is 2.26. The first-order chi connectivity index (χ1) is 8.11. The maximum absolute atomic E-state index is 10.8. The lowest BCUT2D eigenvalue weighted by atomic mass is 9.95. The molecule has 0 spiro atoms. The Morgan fingerprint density at radius 3 is 2.29 bits per heavy atom. The Morgan fingerprint density at radius 2 is 1.59 bits per heavy atom. The molecule has 0 aliphatic carbocycles. The minimum atomic E-state index is 0.722. The van der Waals surface area contributed by atoms with E-state index in [1.54, 1.807) is 0 Å². The summed E-state index contributed by atoms with van der Waals surface area (Å²) in [5.74, 6) is 0. The fraction of sp³-hybridized carbons (Fsp3) is 0.188. The monoisotopic (exact) mass is 224 g/mol. The quantitative estimate of drug-likeness (QED) is 0.702. The van der Waals surface area contributed by atoms with Gasteiger partial charge in [0.15, 0.2) is 0 Å². The lowest BCUT2D eigenvalue weighted by Crippen LogP contribution is -1.90. The van der Waals surface area contributed by atoms with E-state index in [4.69, 9.17) is 0 Å². The van der Waals surface area contributed by atoms with Crippen LogP contribution in [0.25, 0.3) is 11.1 Å². The molecule has 2 rings (SSSR count). The van der Waals surface area contributed by atoms with Crippen LogP contribution < -0.4 is 0 Å². The van der Waals surface area contributed by atoms with E-state index in [0.29, 0.717) is 0 Å². The van der Waals surface area contributed by atoms with Crippen molar-refractivity contribution < 1.29 is 4.79 Å². The SMILES string of the molecule is Cc1cc(C)c(-c2cccc(C=O)c2)cc1C. The Morgan fingerprint density at radius 1 is 0.882 bits per heavy atom. The third-order valence-corrected chi connectivity index (χ3v) is 3.17. The van der Waals surface area contributed by atoms with Crippen LogP contribution in [0.5, 0.6) is 0 Å². The summed E-state index contributed by atoms with van der Waals surface area (Å²) in [4.78, 5) is 10.8. The van der Waals surface area contributed by atoms with Crippen LogP contribution in [-0.2, 0) is 0 Å². The molecule has 0 saturated carbocycles. The largest absolute Gasteiger partial charge is 0.298 e. The number of aryl methyl sites for hydroxylation is 3. The highest BCUT2D eigenvalue weighted by Gasteiger charge is 2.05. The second kappa shape index (κ2) is 4.54. The van der Waals surface area contributed by atoms with Crippen molar-refractivity contribution in [3.05, 3.63) is 58.7 Å². The summed E-state index contributed by atoms with van der Waals surface area (Å²) in [5, 5.41) is 0. The predicted molar refractivity (Wildman–Crippen MR) is 71.5 cm³/mol. The Bertz CT molecular complexity index is 568. The maximum atomic E-state index is 10.8. The van der Waals surface area contributed by atoms with Gasteiger partial charge in [-0.2, -0.15) is 0 Å². The summed E-state index contributed by atoms with van der Waals surface area (Å²) >= 11 is 0. The molecule has 86 valence electrons. The van der Waals surface area contributed by atoms with Crippen molar-refractivity contribution in [2.24, 2.45) is 0 Å². The third-order valence-electron chi connectivity index (χ3n) is 3.17. The van der Waals surface area contributed by atoms with Crippen molar-refractivity contribution in [3.63, 3.8) is 0 Å². The molecule has 2 aromatic carbocycles. The number of hydrogen-bond donors (Lipinski definition) is 0. The second-order valence-corrected chi connectivity index (χ2v) is 4.49. The lowest BCUT2D eigenvalue weighted by molar-refractivity contribution is 0.112. The van der Waals surface area contributed by atoms with E-state index in [-0.39, 0.29) is 0 Å². The summed E-state index contributed by atoms with van der Waals surface area (Å²) < 4.78 is 0. The normalized spacial score (nSPS) is 10.3. The first kappa shape index (κ1) is 11.6. The van der Waals surface area contributed by atoms with Gasteiger partial charge in [0.05, 0.1) is 0 Å². The first-order valence-electron chi connectivity index (χ1n) is 5.75. The van der Waals surface area contributed by atoms with E-state index in [1.165, 1.54) is 22.3 Å². The van der Waals surface area contributed by atoms with Crippen molar-refractivity contribution >= 4 is 6.29 Å². The van der Waals surface area contributed by atoms with Crippen LogP contribution in [-0.4, -0.2) is 6.29 Å². The molecule has 0 aliphatic heterocycles. The van der Waals surface area contributed by atoms with Gasteiger partial charge < -0.3 is 0 Å². The maximum Gasteiger partial charge on any atom is 0.150 e. The van der Waals surface area contributed by atoms with Gasteiger partial charge in [-0.15, -0.1) is 0 Å². The van der Waals surface area contributed by atoms with Crippen molar-refractivity contribution in [1.29, 1.82) is 0 Å². The van der Waals surface area contributed by atoms with Gasteiger partial charge in [0.25, 0.3) is 0 Å². The summed E-state index contributed by atoms with van der Waals surface area (Å²) in [6.45, 7) is 6.34. The molecular formula is C16H16O. The molecule has 0 atom stereocenters. The summed E-state index contributed by atoms with van der Waals surface area (Å²) in [6, 6.07) is 12.1. The van der Waals surface area contributed by atoms with E-state index in [1.807, 2.05) is 24.3 Å². The van der Waals surface area contributed by atoms with Gasteiger partial charge in [0, 0.05) is 5.56 Å². The van der Waals surface area contributed by atoms with Gasteiger partial charge in [-0.05, 0) is 54.7 Å². The average molecular weight is 224 g/mol. The standard InChI is InChI=1S/C16H16O/c1-11-7-13(3)16(8-12(11)2)15-6-4-5-14(9-15)10-17/h4-10H,1-3H3. The molecule has 0 amide bonds.